The molecule has 0 unspecified atom stereocenters. The molecule has 0 saturated heterocycles. The van der Waals surface area contributed by atoms with Gasteiger partial charge < -0.3 is 0 Å². The van der Waals surface area contributed by atoms with Crippen molar-refractivity contribution < 1.29 is 4.79 Å². The van der Waals surface area contributed by atoms with Crippen molar-refractivity contribution in [1.82, 2.24) is 9.97 Å². The third-order valence-corrected chi connectivity index (χ3v) is 3.26. The van der Waals surface area contributed by atoms with Crippen molar-refractivity contribution in [2.75, 3.05) is 11.9 Å². The number of rotatable bonds is 2. The summed E-state index contributed by atoms with van der Waals surface area (Å²) < 4.78 is 0. The lowest BCUT2D eigenvalue weighted by atomic mass is 10.2. The number of carbonyl (C=O) groups excluding carboxylic acids is 1. The molecule has 0 radical (unpaired) electrons. The molecule has 0 spiro atoms. The Morgan fingerprint density at radius 1 is 1.35 bits per heavy atom. The monoisotopic (exact) mass is 287 g/mol. The van der Waals surface area contributed by atoms with Crippen molar-refractivity contribution in [3.05, 3.63) is 39.6 Å². The zero-order chi connectivity index (χ0) is 12.4. The number of hydrogen-bond donors (Lipinski definition) is 0. The second-order valence-corrected chi connectivity index (χ2v) is 4.83. The Kier molecular flexibility index (Phi) is 3.61. The standard InChI is InChI=1S/C10H7Cl2N3OS/c1-15(10-13-2-3-17-10)9(16)6-4-7(11)14-8(12)5-6/h2-5H,1H3. The minimum absolute atomic E-state index is 0.188. The second kappa shape index (κ2) is 5.00. The summed E-state index contributed by atoms with van der Waals surface area (Å²) in [5.41, 5.74) is 0.382. The van der Waals surface area contributed by atoms with Crippen LogP contribution < -0.4 is 4.90 Å². The summed E-state index contributed by atoms with van der Waals surface area (Å²) in [5.74, 6) is -0.230. The molecule has 88 valence electrons. The molecule has 0 N–H and O–H groups in total. The van der Waals surface area contributed by atoms with Gasteiger partial charge in [0.1, 0.15) is 10.3 Å². The fraction of sp³-hybridized carbons (Fsp3) is 0.100. The van der Waals surface area contributed by atoms with Crippen LogP contribution in [0.1, 0.15) is 10.4 Å². The quantitative estimate of drug-likeness (QED) is 0.798. The van der Waals surface area contributed by atoms with E-state index in [4.69, 9.17) is 23.2 Å². The number of anilines is 1. The first-order valence-corrected chi connectivity index (χ1v) is 6.22. The Balaban J connectivity index is 2.31. The fourth-order valence-electron chi connectivity index (χ4n) is 1.25. The maximum atomic E-state index is 12.1. The Hall–Kier alpha value is -1.17. The summed E-state index contributed by atoms with van der Waals surface area (Å²) in [4.78, 5) is 21.4. The van der Waals surface area contributed by atoms with E-state index in [1.165, 1.54) is 28.4 Å². The van der Waals surface area contributed by atoms with Crippen molar-refractivity contribution in [2.45, 2.75) is 0 Å². The smallest absolute Gasteiger partial charge is 0.260 e. The molecule has 1 amide bonds. The van der Waals surface area contributed by atoms with Gasteiger partial charge >= 0.3 is 0 Å². The van der Waals surface area contributed by atoms with Crippen LogP contribution in [0.25, 0.3) is 0 Å². The van der Waals surface area contributed by atoms with Crippen molar-refractivity contribution in [2.24, 2.45) is 0 Å². The van der Waals surface area contributed by atoms with Crippen molar-refractivity contribution in [3.8, 4) is 0 Å². The molecule has 0 bridgehead atoms. The van der Waals surface area contributed by atoms with Crippen LogP contribution in [0.5, 0.6) is 0 Å². The highest BCUT2D eigenvalue weighted by Gasteiger charge is 2.16. The first-order chi connectivity index (χ1) is 8.08. The number of amides is 1. The molecule has 2 aromatic heterocycles. The van der Waals surface area contributed by atoms with Gasteiger partial charge in [0.25, 0.3) is 5.91 Å². The molecular formula is C10H7Cl2N3OS. The third kappa shape index (κ3) is 2.74. The third-order valence-electron chi connectivity index (χ3n) is 2.02. The molecule has 2 aromatic rings. The van der Waals surface area contributed by atoms with Crippen LogP contribution in [0.15, 0.2) is 23.7 Å². The van der Waals surface area contributed by atoms with E-state index in [9.17, 15) is 4.79 Å². The van der Waals surface area contributed by atoms with E-state index in [-0.39, 0.29) is 16.2 Å². The first kappa shape index (κ1) is 12.3. The predicted molar refractivity (Wildman–Crippen MR) is 69.1 cm³/mol. The lowest BCUT2D eigenvalue weighted by molar-refractivity contribution is 0.0993. The van der Waals surface area contributed by atoms with Gasteiger partial charge in [-0.2, -0.15) is 0 Å². The predicted octanol–water partition coefficient (Wildman–Crippen LogP) is 3.12. The molecular weight excluding hydrogens is 281 g/mol. The van der Waals surface area contributed by atoms with Crippen LogP contribution in [0.2, 0.25) is 10.3 Å². The zero-order valence-electron chi connectivity index (χ0n) is 8.72. The van der Waals surface area contributed by atoms with E-state index in [0.29, 0.717) is 10.7 Å². The minimum atomic E-state index is -0.230. The van der Waals surface area contributed by atoms with E-state index in [0.717, 1.165) is 0 Å². The average molecular weight is 288 g/mol. The second-order valence-electron chi connectivity index (χ2n) is 3.18. The van der Waals surface area contributed by atoms with E-state index in [2.05, 4.69) is 9.97 Å². The number of aromatic nitrogens is 2. The highest BCUT2D eigenvalue weighted by molar-refractivity contribution is 7.13. The number of carbonyl (C=O) groups is 1. The topological polar surface area (TPSA) is 46.1 Å². The van der Waals surface area contributed by atoms with Gasteiger partial charge in [0, 0.05) is 24.2 Å². The van der Waals surface area contributed by atoms with E-state index in [1.54, 1.807) is 18.6 Å². The maximum Gasteiger partial charge on any atom is 0.260 e. The van der Waals surface area contributed by atoms with E-state index < -0.39 is 0 Å². The number of thiazole rings is 1. The highest BCUT2D eigenvalue weighted by atomic mass is 35.5. The minimum Gasteiger partial charge on any atom is -0.287 e. The van der Waals surface area contributed by atoms with Gasteiger partial charge in [0.05, 0.1) is 0 Å². The fourth-order valence-corrected chi connectivity index (χ4v) is 2.32. The molecule has 0 atom stereocenters. The molecule has 0 aliphatic rings. The summed E-state index contributed by atoms with van der Waals surface area (Å²) in [6.45, 7) is 0. The van der Waals surface area contributed by atoms with Gasteiger partial charge in [-0.25, -0.2) is 9.97 Å². The van der Waals surface area contributed by atoms with Crippen LogP contribution >= 0.6 is 34.5 Å². The van der Waals surface area contributed by atoms with E-state index >= 15 is 0 Å². The number of pyridine rings is 1. The van der Waals surface area contributed by atoms with Gasteiger partial charge in [0.2, 0.25) is 0 Å². The Morgan fingerprint density at radius 3 is 2.53 bits per heavy atom. The highest BCUT2D eigenvalue weighted by Crippen LogP contribution is 2.20. The zero-order valence-corrected chi connectivity index (χ0v) is 11.1. The number of hydrogen-bond acceptors (Lipinski definition) is 4. The lowest BCUT2D eigenvalue weighted by Gasteiger charge is -2.13. The molecule has 2 rings (SSSR count). The Bertz CT molecular complexity index is 524. The van der Waals surface area contributed by atoms with Gasteiger partial charge in [0.15, 0.2) is 5.13 Å². The largest absolute Gasteiger partial charge is 0.287 e. The van der Waals surface area contributed by atoms with Gasteiger partial charge in [-0.1, -0.05) is 23.2 Å². The molecule has 4 nitrogen and oxygen atoms in total. The SMILES string of the molecule is CN(C(=O)c1cc(Cl)nc(Cl)c1)c1nccs1. The summed E-state index contributed by atoms with van der Waals surface area (Å²) in [6.07, 6.45) is 1.64. The normalized spacial score (nSPS) is 10.3. The summed E-state index contributed by atoms with van der Waals surface area (Å²) in [7, 11) is 1.64. The molecule has 0 aliphatic carbocycles. The average Bonchev–Trinajstić information content (AvgIpc) is 2.79. The number of halogens is 2. The van der Waals surface area contributed by atoms with Crippen LogP contribution in [0, 0.1) is 0 Å². The van der Waals surface area contributed by atoms with Crippen molar-refractivity contribution >= 4 is 45.6 Å². The summed E-state index contributed by atoms with van der Waals surface area (Å²) in [6, 6.07) is 2.94. The molecule has 0 fully saturated rings. The van der Waals surface area contributed by atoms with Crippen molar-refractivity contribution in [1.29, 1.82) is 0 Å². The lowest BCUT2D eigenvalue weighted by Crippen LogP contribution is -2.26. The van der Waals surface area contributed by atoms with Crippen LogP contribution in [-0.4, -0.2) is 22.9 Å². The molecule has 2 heterocycles. The van der Waals surface area contributed by atoms with Crippen LogP contribution in [0.3, 0.4) is 0 Å². The van der Waals surface area contributed by atoms with Crippen LogP contribution in [-0.2, 0) is 0 Å². The summed E-state index contributed by atoms with van der Waals surface area (Å²) >= 11 is 12.9. The van der Waals surface area contributed by atoms with Crippen LogP contribution in [0.4, 0.5) is 5.13 Å². The molecule has 0 saturated carbocycles. The van der Waals surface area contributed by atoms with E-state index in [1.807, 2.05) is 0 Å². The summed E-state index contributed by atoms with van der Waals surface area (Å²) in [5, 5.41) is 2.78. The maximum absolute atomic E-state index is 12.1. The molecule has 7 heteroatoms. The number of nitrogens with zero attached hydrogens (tertiary/aromatic N) is 3. The van der Waals surface area contributed by atoms with Gasteiger partial charge in [-0.15, -0.1) is 11.3 Å². The van der Waals surface area contributed by atoms with Gasteiger partial charge in [-0.3, -0.25) is 9.69 Å². The molecule has 0 aliphatic heterocycles. The Labute approximate surface area is 112 Å². The molecule has 17 heavy (non-hydrogen) atoms. The Morgan fingerprint density at radius 2 is 2.00 bits per heavy atom. The van der Waals surface area contributed by atoms with Crippen molar-refractivity contribution in [3.63, 3.8) is 0 Å². The first-order valence-electron chi connectivity index (χ1n) is 4.58. The molecule has 0 aromatic carbocycles. The van der Waals surface area contributed by atoms with Gasteiger partial charge in [-0.05, 0) is 12.1 Å².